The van der Waals surface area contributed by atoms with Gasteiger partial charge in [0.1, 0.15) is 10.9 Å². The maximum absolute atomic E-state index is 12.5. The zero-order chi connectivity index (χ0) is 21.5. The Morgan fingerprint density at radius 1 is 1.07 bits per heavy atom. The molecule has 152 valence electrons. The summed E-state index contributed by atoms with van der Waals surface area (Å²) in [6.45, 7) is -0.287. The number of thioether (sulfide) groups is 1. The smallest absolute Gasteiger partial charge is 0.269 e. The van der Waals surface area contributed by atoms with Crippen molar-refractivity contribution in [2.45, 2.75) is 0 Å². The van der Waals surface area contributed by atoms with Crippen LogP contribution in [0.4, 0.5) is 0 Å². The molecule has 0 atom stereocenters. The van der Waals surface area contributed by atoms with E-state index < -0.39 is 11.8 Å². The van der Waals surface area contributed by atoms with E-state index in [0.29, 0.717) is 10.5 Å². The van der Waals surface area contributed by atoms with Crippen LogP contribution < -0.4 is 10.9 Å². The van der Waals surface area contributed by atoms with E-state index in [1.807, 2.05) is 36.4 Å². The lowest BCUT2D eigenvalue weighted by Crippen LogP contribution is -2.47. The second-order valence-corrected chi connectivity index (χ2v) is 8.66. The van der Waals surface area contributed by atoms with Crippen LogP contribution >= 0.6 is 39.9 Å². The van der Waals surface area contributed by atoms with Gasteiger partial charge in [0.2, 0.25) is 0 Å². The fourth-order valence-electron chi connectivity index (χ4n) is 2.44. The summed E-state index contributed by atoms with van der Waals surface area (Å²) < 4.78 is 1.12. The van der Waals surface area contributed by atoms with E-state index in [9.17, 15) is 14.4 Å². The van der Waals surface area contributed by atoms with E-state index in [1.54, 1.807) is 36.4 Å². The number of hydrogen-bond acceptors (Lipinski definition) is 5. The number of amides is 3. The molecular formula is C21H16BrN3O3S2. The van der Waals surface area contributed by atoms with E-state index >= 15 is 0 Å². The first-order chi connectivity index (χ1) is 14.4. The lowest BCUT2D eigenvalue weighted by atomic mass is 10.2. The van der Waals surface area contributed by atoms with Crippen LogP contribution in [0.15, 0.2) is 76.1 Å². The number of hydrazine groups is 1. The largest absolute Gasteiger partial charge is 0.283 e. The number of rotatable bonds is 5. The second-order valence-electron chi connectivity index (χ2n) is 6.07. The lowest BCUT2D eigenvalue weighted by Gasteiger charge is -2.14. The van der Waals surface area contributed by atoms with Gasteiger partial charge in [-0.2, -0.15) is 0 Å². The highest BCUT2D eigenvalue weighted by atomic mass is 79.9. The zero-order valence-electron chi connectivity index (χ0n) is 15.5. The Balaban J connectivity index is 1.53. The molecule has 1 aliphatic rings. The van der Waals surface area contributed by atoms with E-state index in [4.69, 9.17) is 12.2 Å². The van der Waals surface area contributed by atoms with Crippen molar-refractivity contribution < 1.29 is 14.4 Å². The molecule has 0 aromatic heterocycles. The summed E-state index contributed by atoms with van der Waals surface area (Å²) in [5.74, 6) is -1.37. The molecule has 0 unspecified atom stereocenters. The van der Waals surface area contributed by atoms with Crippen LogP contribution in [0.1, 0.15) is 15.9 Å². The number of carbonyl (C=O) groups is 3. The molecule has 0 radical (unpaired) electrons. The Morgan fingerprint density at radius 2 is 1.77 bits per heavy atom. The lowest BCUT2D eigenvalue weighted by molar-refractivity contribution is -0.129. The molecular weight excluding hydrogens is 486 g/mol. The summed E-state index contributed by atoms with van der Waals surface area (Å²) in [4.78, 5) is 38.4. The number of nitrogens with one attached hydrogen (secondary N) is 2. The van der Waals surface area contributed by atoms with Gasteiger partial charge in [-0.15, -0.1) is 0 Å². The average molecular weight is 502 g/mol. The second kappa shape index (κ2) is 10.3. The molecule has 6 nitrogen and oxygen atoms in total. The zero-order valence-corrected chi connectivity index (χ0v) is 18.7. The van der Waals surface area contributed by atoms with Gasteiger partial charge >= 0.3 is 0 Å². The molecule has 1 saturated heterocycles. The van der Waals surface area contributed by atoms with Crippen LogP contribution in [0, 0.1) is 0 Å². The Labute approximate surface area is 191 Å². The predicted octanol–water partition coefficient (Wildman–Crippen LogP) is 3.67. The predicted molar refractivity (Wildman–Crippen MR) is 125 cm³/mol. The van der Waals surface area contributed by atoms with Gasteiger partial charge in [-0.1, -0.05) is 82.4 Å². The maximum Gasteiger partial charge on any atom is 0.269 e. The Hall–Kier alpha value is -2.75. The van der Waals surface area contributed by atoms with Crippen LogP contribution in [-0.2, 0) is 9.59 Å². The standard InChI is InChI=1S/C21H16BrN3O3S2/c22-16-11-9-15(10-12-16)19(27)24-23-18(26)13-25-20(28)17(30-21(25)29)8-4-7-14-5-2-1-3-6-14/h1-12H,13H2,(H,23,26)(H,24,27)/b7-4+,17-8-. The van der Waals surface area contributed by atoms with Crippen LogP contribution in [0.25, 0.3) is 6.08 Å². The first-order valence-corrected chi connectivity index (χ1v) is 10.8. The van der Waals surface area contributed by atoms with Gasteiger partial charge in [-0.25, -0.2) is 0 Å². The van der Waals surface area contributed by atoms with Crippen molar-refractivity contribution in [3.8, 4) is 0 Å². The van der Waals surface area contributed by atoms with Gasteiger partial charge < -0.3 is 0 Å². The quantitative estimate of drug-likeness (QED) is 0.371. The highest BCUT2D eigenvalue weighted by Crippen LogP contribution is 2.30. The first kappa shape index (κ1) is 21.9. The molecule has 0 saturated carbocycles. The normalized spacial score (nSPS) is 15.1. The number of hydrogen-bond donors (Lipinski definition) is 2. The molecule has 2 aromatic rings. The number of allylic oxidation sites excluding steroid dienone is 2. The van der Waals surface area contributed by atoms with Crippen molar-refractivity contribution in [3.63, 3.8) is 0 Å². The van der Waals surface area contributed by atoms with Crippen molar-refractivity contribution in [1.82, 2.24) is 15.8 Å². The summed E-state index contributed by atoms with van der Waals surface area (Å²) in [5.41, 5.74) is 6.01. The van der Waals surface area contributed by atoms with Gasteiger partial charge in [0, 0.05) is 10.0 Å². The summed E-state index contributed by atoms with van der Waals surface area (Å²) >= 11 is 9.63. The molecule has 2 N–H and O–H groups in total. The molecule has 3 rings (SSSR count). The molecule has 3 amide bonds. The van der Waals surface area contributed by atoms with Gasteiger partial charge in [-0.05, 0) is 35.9 Å². The number of halogens is 1. The minimum Gasteiger partial charge on any atom is -0.283 e. The molecule has 9 heteroatoms. The van der Waals surface area contributed by atoms with Gasteiger partial charge in [-0.3, -0.25) is 30.1 Å². The van der Waals surface area contributed by atoms with Crippen LogP contribution in [0.2, 0.25) is 0 Å². The number of carbonyl (C=O) groups excluding carboxylic acids is 3. The van der Waals surface area contributed by atoms with Crippen molar-refractivity contribution >= 4 is 68.0 Å². The number of thiocarbonyl (C=S) groups is 1. The summed E-state index contributed by atoms with van der Waals surface area (Å²) in [6.07, 6.45) is 5.30. The monoisotopic (exact) mass is 501 g/mol. The van der Waals surface area contributed by atoms with Crippen molar-refractivity contribution in [1.29, 1.82) is 0 Å². The summed E-state index contributed by atoms with van der Waals surface area (Å²) in [7, 11) is 0. The Kier molecular flexibility index (Phi) is 7.56. The first-order valence-electron chi connectivity index (χ1n) is 8.76. The molecule has 30 heavy (non-hydrogen) atoms. The van der Waals surface area contributed by atoms with Crippen LogP contribution in [-0.4, -0.2) is 33.5 Å². The summed E-state index contributed by atoms with van der Waals surface area (Å²) in [6, 6.07) is 16.3. The van der Waals surface area contributed by atoms with Gasteiger partial charge in [0.25, 0.3) is 17.7 Å². The number of benzene rings is 2. The fourth-order valence-corrected chi connectivity index (χ4v) is 3.92. The van der Waals surface area contributed by atoms with E-state index in [1.165, 1.54) is 4.90 Å². The van der Waals surface area contributed by atoms with Crippen LogP contribution in [0.5, 0.6) is 0 Å². The Bertz CT molecular complexity index is 1040. The molecule has 0 aliphatic carbocycles. The third kappa shape index (κ3) is 5.88. The number of nitrogens with zero attached hydrogens (tertiary/aromatic N) is 1. The average Bonchev–Trinajstić information content (AvgIpc) is 3.01. The van der Waals surface area contributed by atoms with E-state index in [-0.39, 0.29) is 16.8 Å². The molecule has 1 fully saturated rings. The molecule has 1 aliphatic heterocycles. The van der Waals surface area contributed by atoms with Crippen molar-refractivity contribution in [2.75, 3.05) is 6.54 Å². The van der Waals surface area contributed by atoms with E-state index in [0.717, 1.165) is 21.8 Å². The molecule has 2 aromatic carbocycles. The Morgan fingerprint density at radius 3 is 2.47 bits per heavy atom. The van der Waals surface area contributed by atoms with Crippen LogP contribution in [0.3, 0.4) is 0 Å². The van der Waals surface area contributed by atoms with Crippen molar-refractivity contribution in [2.24, 2.45) is 0 Å². The summed E-state index contributed by atoms with van der Waals surface area (Å²) in [5, 5.41) is 0. The molecule has 1 heterocycles. The highest BCUT2D eigenvalue weighted by Gasteiger charge is 2.33. The third-order valence-electron chi connectivity index (χ3n) is 3.93. The van der Waals surface area contributed by atoms with E-state index in [2.05, 4.69) is 26.8 Å². The minimum atomic E-state index is -0.558. The fraction of sp³-hybridized carbons (Fsp3) is 0.0476. The maximum atomic E-state index is 12.5. The topological polar surface area (TPSA) is 78.5 Å². The molecule has 0 spiro atoms. The highest BCUT2D eigenvalue weighted by molar-refractivity contribution is 9.10. The van der Waals surface area contributed by atoms with Crippen molar-refractivity contribution in [3.05, 3.63) is 87.3 Å². The molecule has 0 bridgehead atoms. The minimum absolute atomic E-state index is 0.286. The van der Waals surface area contributed by atoms with Gasteiger partial charge in [0.15, 0.2) is 0 Å². The van der Waals surface area contributed by atoms with Gasteiger partial charge in [0.05, 0.1) is 4.91 Å². The SMILES string of the molecule is O=C(CN1C(=O)/C(=C/C=C/c2ccccc2)SC1=S)NNC(=O)c1ccc(Br)cc1. The third-order valence-corrected chi connectivity index (χ3v) is 5.86.